The Labute approximate surface area is 136 Å². The highest BCUT2D eigenvalue weighted by Gasteiger charge is 2.10. The van der Waals surface area contributed by atoms with E-state index in [0.717, 1.165) is 17.5 Å². The molecular weight excluding hydrogens is 337 g/mol. The van der Waals surface area contributed by atoms with Crippen molar-refractivity contribution in [1.82, 2.24) is 9.97 Å². The fraction of sp³-hybridized carbons (Fsp3) is 0.0667. The third kappa shape index (κ3) is 3.72. The van der Waals surface area contributed by atoms with Crippen molar-refractivity contribution in [1.29, 1.82) is 0 Å². The van der Waals surface area contributed by atoms with E-state index in [4.69, 9.17) is 0 Å². The van der Waals surface area contributed by atoms with Gasteiger partial charge in [-0.3, -0.25) is 0 Å². The van der Waals surface area contributed by atoms with Crippen molar-refractivity contribution >= 4 is 32.0 Å². The summed E-state index contributed by atoms with van der Waals surface area (Å²) in [6.45, 7) is 0. The topological polar surface area (TPSA) is 72.0 Å². The molecule has 23 heavy (non-hydrogen) atoms. The number of hydrogen-bond donors (Lipinski definition) is 1. The number of pyridine rings is 1. The molecule has 0 spiro atoms. The molecule has 0 aliphatic carbocycles. The molecule has 2 heterocycles. The van der Waals surface area contributed by atoms with Crippen molar-refractivity contribution in [3.05, 3.63) is 53.8 Å². The number of nitrogens with zero attached hydrogens (tertiary/aromatic N) is 2. The summed E-state index contributed by atoms with van der Waals surface area (Å²) in [7, 11) is -3.31. The van der Waals surface area contributed by atoms with Crippen LogP contribution >= 0.6 is 11.3 Å². The lowest BCUT2D eigenvalue weighted by Gasteiger charge is -2.02. The van der Waals surface area contributed by atoms with Crippen molar-refractivity contribution in [2.75, 3.05) is 11.6 Å². The fourth-order valence-corrected chi connectivity index (χ4v) is 3.17. The number of hydrogen-bond acceptors (Lipinski definition) is 6. The third-order valence-electron chi connectivity index (χ3n) is 3.01. The van der Waals surface area contributed by atoms with Gasteiger partial charge >= 0.3 is 0 Å². The summed E-state index contributed by atoms with van der Waals surface area (Å²) in [5.41, 5.74) is 2.14. The Morgan fingerprint density at radius 1 is 1.13 bits per heavy atom. The fourth-order valence-electron chi connectivity index (χ4n) is 1.87. The molecule has 118 valence electrons. The highest BCUT2D eigenvalue weighted by molar-refractivity contribution is 7.90. The molecule has 1 N–H and O–H groups in total. The standard InChI is InChI=1S/C15H12FN3O2S2/c1-23(20,21)14-7-2-10(8-17-14)13-9-22-15(19-13)18-12-5-3-11(16)4-6-12/h2-9H,1H3,(H,18,19). The molecule has 2 aromatic heterocycles. The van der Waals surface area contributed by atoms with Crippen molar-refractivity contribution in [3.8, 4) is 11.3 Å². The zero-order valence-electron chi connectivity index (χ0n) is 12.0. The zero-order valence-corrected chi connectivity index (χ0v) is 13.7. The van der Waals surface area contributed by atoms with Gasteiger partial charge in [-0.1, -0.05) is 0 Å². The number of halogens is 1. The first-order valence-corrected chi connectivity index (χ1v) is 9.33. The van der Waals surface area contributed by atoms with Gasteiger partial charge in [0.2, 0.25) is 0 Å². The Bertz CT molecular complexity index is 920. The highest BCUT2D eigenvalue weighted by atomic mass is 32.2. The summed E-state index contributed by atoms with van der Waals surface area (Å²) in [5.74, 6) is -0.299. The summed E-state index contributed by atoms with van der Waals surface area (Å²) < 4.78 is 35.7. The number of rotatable bonds is 4. The number of thiazole rings is 1. The van der Waals surface area contributed by atoms with Gasteiger partial charge in [0.05, 0.1) is 5.69 Å². The van der Waals surface area contributed by atoms with Gasteiger partial charge in [0, 0.05) is 29.1 Å². The van der Waals surface area contributed by atoms with Crippen molar-refractivity contribution in [2.24, 2.45) is 0 Å². The Kier molecular flexibility index (Phi) is 4.10. The first-order valence-electron chi connectivity index (χ1n) is 6.56. The summed E-state index contributed by atoms with van der Waals surface area (Å²) in [4.78, 5) is 8.36. The van der Waals surface area contributed by atoms with Crippen LogP contribution in [0.25, 0.3) is 11.3 Å². The molecule has 8 heteroatoms. The molecule has 0 atom stereocenters. The van der Waals surface area contributed by atoms with Gasteiger partial charge < -0.3 is 5.32 Å². The molecular formula is C15H12FN3O2S2. The molecule has 0 fully saturated rings. The first-order chi connectivity index (χ1) is 10.9. The molecule has 0 amide bonds. The Hall–Kier alpha value is -2.32. The van der Waals surface area contributed by atoms with Gasteiger partial charge in [0.1, 0.15) is 5.82 Å². The van der Waals surface area contributed by atoms with Crippen LogP contribution < -0.4 is 5.32 Å². The van der Waals surface area contributed by atoms with Crippen LogP contribution in [0.4, 0.5) is 15.2 Å². The van der Waals surface area contributed by atoms with E-state index in [0.29, 0.717) is 10.8 Å². The molecule has 0 aliphatic heterocycles. The van der Waals surface area contributed by atoms with Gasteiger partial charge in [-0.25, -0.2) is 22.8 Å². The smallest absolute Gasteiger partial charge is 0.192 e. The number of anilines is 2. The van der Waals surface area contributed by atoms with Crippen LogP contribution in [-0.4, -0.2) is 24.6 Å². The highest BCUT2D eigenvalue weighted by Crippen LogP contribution is 2.27. The molecule has 5 nitrogen and oxygen atoms in total. The van der Waals surface area contributed by atoms with Gasteiger partial charge in [0.15, 0.2) is 20.0 Å². The predicted molar refractivity (Wildman–Crippen MR) is 88.1 cm³/mol. The van der Waals surface area contributed by atoms with E-state index in [2.05, 4.69) is 15.3 Å². The third-order valence-corrected chi connectivity index (χ3v) is 4.77. The maximum absolute atomic E-state index is 12.9. The minimum Gasteiger partial charge on any atom is -0.332 e. The van der Waals surface area contributed by atoms with Crippen LogP contribution in [0.3, 0.4) is 0 Å². The van der Waals surface area contributed by atoms with E-state index < -0.39 is 9.84 Å². The summed E-state index contributed by atoms with van der Waals surface area (Å²) >= 11 is 1.39. The van der Waals surface area contributed by atoms with Gasteiger partial charge in [-0.2, -0.15) is 0 Å². The number of nitrogens with one attached hydrogen (secondary N) is 1. The molecule has 3 aromatic rings. The van der Waals surface area contributed by atoms with E-state index >= 15 is 0 Å². The van der Waals surface area contributed by atoms with Crippen molar-refractivity contribution in [2.45, 2.75) is 5.03 Å². The van der Waals surface area contributed by atoms with Crippen molar-refractivity contribution < 1.29 is 12.8 Å². The predicted octanol–water partition coefficient (Wildman–Crippen LogP) is 3.49. The average molecular weight is 349 g/mol. The second-order valence-electron chi connectivity index (χ2n) is 4.83. The average Bonchev–Trinajstić information content (AvgIpc) is 2.97. The second-order valence-corrected chi connectivity index (χ2v) is 7.65. The molecule has 0 radical (unpaired) electrons. The molecule has 3 rings (SSSR count). The minimum atomic E-state index is -3.31. The molecule has 0 unspecified atom stereocenters. The molecule has 1 aromatic carbocycles. The van der Waals surface area contributed by atoms with Crippen LogP contribution in [0.15, 0.2) is 53.0 Å². The lowest BCUT2D eigenvalue weighted by molar-refractivity contribution is 0.598. The Morgan fingerprint density at radius 2 is 1.87 bits per heavy atom. The Morgan fingerprint density at radius 3 is 2.48 bits per heavy atom. The monoisotopic (exact) mass is 349 g/mol. The summed E-state index contributed by atoms with van der Waals surface area (Å²) in [6, 6.07) is 9.10. The lowest BCUT2D eigenvalue weighted by atomic mass is 10.2. The number of benzene rings is 1. The zero-order chi connectivity index (χ0) is 16.4. The van der Waals surface area contributed by atoms with E-state index in [1.54, 1.807) is 18.2 Å². The molecule has 0 saturated carbocycles. The minimum absolute atomic E-state index is 0.0288. The van der Waals surface area contributed by atoms with E-state index in [-0.39, 0.29) is 10.8 Å². The van der Waals surface area contributed by atoms with Gasteiger partial charge in [-0.15, -0.1) is 11.3 Å². The molecule has 0 bridgehead atoms. The van der Waals surface area contributed by atoms with Crippen LogP contribution in [0.5, 0.6) is 0 Å². The second kappa shape index (κ2) is 6.05. The normalized spacial score (nSPS) is 11.4. The summed E-state index contributed by atoms with van der Waals surface area (Å²) in [6.07, 6.45) is 2.59. The van der Waals surface area contributed by atoms with Gasteiger partial charge in [-0.05, 0) is 36.4 Å². The van der Waals surface area contributed by atoms with Crippen molar-refractivity contribution in [3.63, 3.8) is 0 Å². The SMILES string of the molecule is CS(=O)(=O)c1ccc(-c2csc(Nc3ccc(F)cc3)n2)cn1. The van der Waals surface area contributed by atoms with E-state index in [1.165, 1.54) is 35.7 Å². The van der Waals surface area contributed by atoms with E-state index in [9.17, 15) is 12.8 Å². The number of aromatic nitrogens is 2. The Balaban J connectivity index is 1.80. The summed E-state index contributed by atoms with van der Waals surface area (Å²) in [5, 5.41) is 5.60. The van der Waals surface area contributed by atoms with E-state index in [1.807, 2.05) is 5.38 Å². The maximum Gasteiger partial charge on any atom is 0.192 e. The van der Waals surface area contributed by atoms with Crippen LogP contribution in [0, 0.1) is 5.82 Å². The van der Waals surface area contributed by atoms with Crippen LogP contribution in [0.2, 0.25) is 0 Å². The molecule has 0 aliphatic rings. The van der Waals surface area contributed by atoms with Crippen LogP contribution in [-0.2, 0) is 9.84 Å². The largest absolute Gasteiger partial charge is 0.332 e. The van der Waals surface area contributed by atoms with Gasteiger partial charge in [0.25, 0.3) is 0 Å². The number of sulfone groups is 1. The quantitative estimate of drug-likeness (QED) is 0.780. The first kappa shape index (κ1) is 15.6. The maximum atomic E-state index is 12.9. The van der Waals surface area contributed by atoms with Crippen LogP contribution in [0.1, 0.15) is 0 Å². The molecule has 0 saturated heterocycles. The lowest BCUT2D eigenvalue weighted by Crippen LogP contribution is -1.99.